The highest BCUT2D eigenvalue weighted by molar-refractivity contribution is 5.87. The van der Waals surface area contributed by atoms with Gasteiger partial charge in [0.2, 0.25) is 5.91 Å². The van der Waals surface area contributed by atoms with E-state index in [1.807, 2.05) is 7.05 Å². The van der Waals surface area contributed by atoms with Gasteiger partial charge in [0.15, 0.2) is 0 Å². The van der Waals surface area contributed by atoms with Gasteiger partial charge in [0.1, 0.15) is 0 Å². The SMILES string of the molecule is CN1CCN[C@]2(CC[C@@H](O)CC2)C1=O. The lowest BCUT2D eigenvalue weighted by molar-refractivity contribution is -0.142. The fourth-order valence-corrected chi connectivity index (χ4v) is 2.49. The van der Waals surface area contributed by atoms with Crippen LogP contribution in [0.2, 0.25) is 0 Å². The van der Waals surface area contributed by atoms with Crippen molar-refractivity contribution in [2.24, 2.45) is 0 Å². The van der Waals surface area contributed by atoms with E-state index in [-0.39, 0.29) is 17.6 Å². The summed E-state index contributed by atoms with van der Waals surface area (Å²) in [5.41, 5.74) is -0.355. The van der Waals surface area contributed by atoms with E-state index in [4.69, 9.17) is 0 Å². The van der Waals surface area contributed by atoms with Crippen molar-refractivity contribution in [2.45, 2.75) is 37.3 Å². The number of nitrogens with one attached hydrogen (secondary N) is 1. The van der Waals surface area contributed by atoms with Gasteiger partial charge in [-0.2, -0.15) is 0 Å². The number of rotatable bonds is 0. The number of carbonyl (C=O) groups excluding carboxylic acids is 1. The average molecular weight is 198 g/mol. The molecule has 2 aliphatic rings. The van der Waals surface area contributed by atoms with Crippen molar-refractivity contribution in [1.29, 1.82) is 0 Å². The van der Waals surface area contributed by atoms with Crippen LogP contribution < -0.4 is 5.32 Å². The molecule has 2 N–H and O–H groups in total. The van der Waals surface area contributed by atoms with Crippen LogP contribution in [0.4, 0.5) is 0 Å². The van der Waals surface area contributed by atoms with Crippen LogP contribution in [0.5, 0.6) is 0 Å². The first kappa shape index (κ1) is 9.93. The quantitative estimate of drug-likeness (QED) is 0.563. The molecule has 14 heavy (non-hydrogen) atoms. The molecule has 1 spiro atoms. The van der Waals surface area contributed by atoms with Gasteiger partial charge in [0.25, 0.3) is 0 Å². The Labute approximate surface area is 84.3 Å². The van der Waals surface area contributed by atoms with Crippen molar-refractivity contribution >= 4 is 5.91 Å². The minimum absolute atomic E-state index is 0.204. The van der Waals surface area contributed by atoms with Gasteiger partial charge in [0.05, 0.1) is 11.6 Å². The zero-order chi connectivity index (χ0) is 10.2. The lowest BCUT2D eigenvalue weighted by Crippen LogP contribution is -2.64. The van der Waals surface area contributed by atoms with Crippen LogP contribution in [0.15, 0.2) is 0 Å². The molecule has 1 saturated heterocycles. The van der Waals surface area contributed by atoms with Crippen LogP contribution in [0.3, 0.4) is 0 Å². The smallest absolute Gasteiger partial charge is 0.242 e. The number of nitrogens with zero attached hydrogens (tertiary/aromatic N) is 1. The Morgan fingerprint density at radius 2 is 2.14 bits per heavy atom. The Bertz CT molecular complexity index is 234. The van der Waals surface area contributed by atoms with Gasteiger partial charge in [-0.25, -0.2) is 0 Å². The second-order valence-electron chi connectivity index (χ2n) is 4.47. The van der Waals surface area contributed by atoms with Crippen molar-refractivity contribution < 1.29 is 9.90 Å². The van der Waals surface area contributed by atoms with Crippen molar-refractivity contribution in [3.8, 4) is 0 Å². The molecule has 1 aliphatic heterocycles. The monoisotopic (exact) mass is 198 g/mol. The van der Waals surface area contributed by atoms with Crippen molar-refractivity contribution in [3.05, 3.63) is 0 Å². The molecular formula is C10H18N2O2. The molecule has 0 unspecified atom stereocenters. The summed E-state index contributed by atoms with van der Waals surface area (Å²) in [6.07, 6.45) is 2.83. The predicted molar refractivity (Wildman–Crippen MR) is 52.8 cm³/mol. The standard InChI is InChI=1S/C10H18N2O2/c1-12-7-6-11-10(9(12)14)4-2-8(13)3-5-10/h8,11,13H,2-7H2,1H3/t8-,10+. The zero-order valence-electron chi connectivity index (χ0n) is 8.62. The fraction of sp³-hybridized carbons (Fsp3) is 0.900. The summed E-state index contributed by atoms with van der Waals surface area (Å²) in [6.45, 7) is 1.67. The molecular weight excluding hydrogens is 180 g/mol. The van der Waals surface area contributed by atoms with Crippen LogP contribution in [0, 0.1) is 0 Å². The molecule has 0 radical (unpaired) electrons. The molecule has 0 aromatic heterocycles. The van der Waals surface area contributed by atoms with Crippen LogP contribution in [-0.2, 0) is 4.79 Å². The van der Waals surface area contributed by atoms with Gasteiger partial charge in [-0.15, -0.1) is 0 Å². The minimum atomic E-state index is -0.355. The van der Waals surface area contributed by atoms with Crippen LogP contribution in [-0.4, -0.2) is 47.7 Å². The Hall–Kier alpha value is -0.610. The molecule has 1 aliphatic carbocycles. The van der Waals surface area contributed by atoms with Crippen molar-refractivity contribution in [1.82, 2.24) is 10.2 Å². The lowest BCUT2D eigenvalue weighted by atomic mass is 9.78. The number of hydrogen-bond donors (Lipinski definition) is 2. The zero-order valence-corrected chi connectivity index (χ0v) is 8.62. The van der Waals surface area contributed by atoms with E-state index in [9.17, 15) is 9.90 Å². The molecule has 1 amide bonds. The van der Waals surface area contributed by atoms with Crippen LogP contribution in [0.25, 0.3) is 0 Å². The second kappa shape index (κ2) is 3.51. The average Bonchev–Trinajstić information content (AvgIpc) is 2.19. The molecule has 80 valence electrons. The van der Waals surface area contributed by atoms with Crippen LogP contribution >= 0.6 is 0 Å². The maximum atomic E-state index is 12.0. The third-order valence-electron chi connectivity index (χ3n) is 3.48. The van der Waals surface area contributed by atoms with E-state index in [0.29, 0.717) is 0 Å². The Kier molecular flexibility index (Phi) is 2.49. The largest absolute Gasteiger partial charge is 0.393 e. The first-order valence-corrected chi connectivity index (χ1v) is 5.33. The van der Waals surface area contributed by atoms with Gasteiger partial charge < -0.3 is 15.3 Å². The number of aliphatic hydroxyl groups is 1. The molecule has 0 aromatic carbocycles. The fourth-order valence-electron chi connectivity index (χ4n) is 2.49. The van der Waals surface area contributed by atoms with Crippen LogP contribution in [0.1, 0.15) is 25.7 Å². The lowest BCUT2D eigenvalue weighted by Gasteiger charge is -2.44. The highest BCUT2D eigenvalue weighted by atomic mass is 16.3. The van der Waals surface area contributed by atoms with Crippen molar-refractivity contribution in [2.75, 3.05) is 20.1 Å². The number of hydrogen-bond acceptors (Lipinski definition) is 3. The number of amides is 1. The summed E-state index contributed by atoms with van der Waals surface area (Å²) in [7, 11) is 1.86. The maximum Gasteiger partial charge on any atom is 0.242 e. The van der Waals surface area contributed by atoms with E-state index in [0.717, 1.165) is 38.8 Å². The first-order chi connectivity index (χ1) is 6.64. The maximum absolute atomic E-state index is 12.0. The third-order valence-corrected chi connectivity index (χ3v) is 3.48. The minimum Gasteiger partial charge on any atom is -0.393 e. The summed E-state index contributed by atoms with van der Waals surface area (Å²) < 4.78 is 0. The Morgan fingerprint density at radius 3 is 2.79 bits per heavy atom. The molecule has 4 nitrogen and oxygen atoms in total. The summed E-state index contributed by atoms with van der Waals surface area (Å²) in [4.78, 5) is 13.8. The summed E-state index contributed by atoms with van der Waals surface area (Å²) in [5.74, 6) is 0.204. The van der Waals surface area contributed by atoms with E-state index in [1.165, 1.54) is 0 Å². The highest BCUT2D eigenvalue weighted by Crippen LogP contribution is 2.31. The molecule has 0 aromatic rings. The second-order valence-corrected chi connectivity index (χ2v) is 4.47. The van der Waals surface area contributed by atoms with Gasteiger partial charge in [0, 0.05) is 20.1 Å². The normalized spacial score (nSPS) is 39.1. The third kappa shape index (κ3) is 1.53. The highest BCUT2D eigenvalue weighted by Gasteiger charge is 2.44. The molecule has 1 saturated carbocycles. The molecule has 1 heterocycles. The molecule has 0 atom stereocenters. The topological polar surface area (TPSA) is 52.6 Å². The molecule has 0 bridgehead atoms. The predicted octanol–water partition coefficient (Wildman–Crippen LogP) is -0.278. The summed E-state index contributed by atoms with van der Waals surface area (Å²) >= 11 is 0. The van der Waals surface area contributed by atoms with E-state index >= 15 is 0 Å². The van der Waals surface area contributed by atoms with E-state index in [2.05, 4.69) is 5.32 Å². The van der Waals surface area contributed by atoms with Crippen molar-refractivity contribution in [3.63, 3.8) is 0 Å². The van der Waals surface area contributed by atoms with E-state index in [1.54, 1.807) is 4.90 Å². The molecule has 2 rings (SSSR count). The summed E-state index contributed by atoms with van der Waals surface area (Å²) in [5, 5.41) is 12.8. The summed E-state index contributed by atoms with van der Waals surface area (Å²) in [6, 6.07) is 0. The van der Waals surface area contributed by atoms with E-state index < -0.39 is 0 Å². The number of likely N-dealkylation sites (N-methyl/N-ethyl adjacent to an activating group) is 1. The van der Waals surface area contributed by atoms with Gasteiger partial charge in [-0.05, 0) is 25.7 Å². The Morgan fingerprint density at radius 1 is 1.50 bits per heavy atom. The molecule has 2 fully saturated rings. The van der Waals surface area contributed by atoms with Gasteiger partial charge in [-0.1, -0.05) is 0 Å². The first-order valence-electron chi connectivity index (χ1n) is 5.33. The number of aliphatic hydroxyl groups excluding tert-OH is 1. The number of carbonyl (C=O) groups is 1. The van der Waals surface area contributed by atoms with Gasteiger partial charge in [-0.3, -0.25) is 4.79 Å². The number of piperazine rings is 1. The Balaban J connectivity index is 2.10. The molecule has 4 heteroatoms. The van der Waals surface area contributed by atoms with Gasteiger partial charge >= 0.3 is 0 Å².